The molecule has 1 N–H and O–H groups in total. The fraction of sp³-hybridized carbons (Fsp3) is 0.867. The van der Waals surface area contributed by atoms with Crippen LogP contribution in [0.1, 0.15) is 39.5 Å². The van der Waals surface area contributed by atoms with E-state index in [9.17, 15) is 9.59 Å². The topological polar surface area (TPSA) is 60.9 Å². The Bertz CT molecular complexity index is 366. The minimum absolute atomic E-state index is 0.198. The van der Waals surface area contributed by atoms with Crippen molar-refractivity contribution in [3.63, 3.8) is 0 Å². The lowest BCUT2D eigenvalue weighted by molar-refractivity contribution is -0.146. The molecule has 0 radical (unpaired) electrons. The molecule has 2 aliphatic rings. The molecule has 0 spiro atoms. The fourth-order valence-corrected chi connectivity index (χ4v) is 3.29. The van der Waals surface area contributed by atoms with Crippen LogP contribution in [-0.4, -0.2) is 59.0 Å². The molecular weight excluding hydrogens is 256 g/mol. The van der Waals surface area contributed by atoms with Crippen LogP contribution >= 0.6 is 0 Å². The van der Waals surface area contributed by atoms with Gasteiger partial charge in [-0.05, 0) is 31.6 Å². The number of aliphatic carboxylic acids is 1. The summed E-state index contributed by atoms with van der Waals surface area (Å²) in [4.78, 5) is 27.4. The summed E-state index contributed by atoms with van der Waals surface area (Å²) in [7, 11) is 0. The highest BCUT2D eigenvalue weighted by Crippen LogP contribution is 2.25. The van der Waals surface area contributed by atoms with Crippen LogP contribution in [0, 0.1) is 11.8 Å². The van der Waals surface area contributed by atoms with E-state index in [1.807, 2.05) is 4.90 Å². The number of carbonyl (C=O) groups excluding carboxylic acids is 1. The van der Waals surface area contributed by atoms with E-state index in [1.54, 1.807) is 6.92 Å². The molecule has 0 bridgehead atoms. The molecule has 0 aromatic carbocycles. The summed E-state index contributed by atoms with van der Waals surface area (Å²) >= 11 is 0. The molecule has 0 aliphatic carbocycles. The third-order valence-electron chi connectivity index (χ3n) is 4.86. The molecule has 0 aromatic heterocycles. The Morgan fingerprint density at radius 3 is 2.60 bits per heavy atom. The first kappa shape index (κ1) is 15.3. The number of likely N-dealkylation sites (tertiary alicyclic amines) is 2. The van der Waals surface area contributed by atoms with E-state index in [4.69, 9.17) is 5.11 Å². The summed E-state index contributed by atoms with van der Waals surface area (Å²) in [5, 5.41) is 8.96. The number of rotatable bonds is 5. The number of carboxylic acids is 1. The van der Waals surface area contributed by atoms with Crippen molar-refractivity contribution >= 4 is 11.9 Å². The molecule has 2 fully saturated rings. The summed E-state index contributed by atoms with van der Waals surface area (Å²) in [6, 6.07) is 0.409. The number of hydrogen-bond acceptors (Lipinski definition) is 3. The number of piperidine rings is 1. The van der Waals surface area contributed by atoms with Gasteiger partial charge in [-0.15, -0.1) is 0 Å². The number of hydrogen-bond donors (Lipinski definition) is 1. The molecule has 0 aromatic rings. The van der Waals surface area contributed by atoms with Gasteiger partial charge in [0.1, 0.15) is 0 Å². The number of carbonyl (C=O) groups is 2. The van der Waals surface area contributed by atoms with Gasteiger partial charge in [0.25, 0.3) is 0 Å². The molecule has 2 heterocycles. The Morgan fingerprint density at radius 1 is 1.30 bits per heavy atom. The van der Waals surface area contributed by atoms with Crippen molar-refractivity contribution < 1.29 is 14.7 Å². The van der Waals surface area contributed by atoms with E-state index >= 15 is 0 Å². The van der Waals surface area contributed by atoms with Crippen LogP contribution in [-0.2, 0) is 9.59 Å². The molecule has 0 saturated carbocycles. The van der Waals surface area contributed by atoms with E-state index in [2.05, 4.69) is 11.8 Å². The Morgan fingerprint density at radius 2 is 2.00 bits per heavy atom. The first-order chi connectivity index (χ1) is 9.52. The minimum Gasteiger partial charge on any atom is -0.481 e. The van der Waals surface area contributed by atoms with Crippen LogP contribution < -0.4 is 0 Å². The van der Waals surface area contributed by atoms with Gasteiger partial charge in [0, 0.05) is 25.7 Å². The maximum atomic E-state index is 12.3. The van der Waals surface area contributed by atoms with Crippen LogP contribution in [0.15, 0.2) is 0 Å². The molecule has 114 valence electrons. The zero-order valence-corrected chi connectivity index (χ0v) is 12.5. The summed E-state index contributed by atoms with van der Waals surface area (Å²) in [6.45, 7) is 6.72. The third-order valence-corrected chi connectivity index (χ3v) is 4.86. The molecule has 2 atom stereocenters. The van der Waals surface area contributed by atoms with Gasteiger partial charge in [-0.3, -0.25) is 14.5 Å². The largest absolute Gasteiger partial charge is 0.481 e. The second-order valence-electron chi connectivity index (χ2n) is 6.23. The van der Waals surface area contributed by atoms with Crippen molar-refractivity contribution in [2.24, 2.45) is 11.8 Å². The Labute approximate surface area is 120 Å². The van der Waals surface area contributed by atoms with Gasteiger partial charge >= 0.3 is 5.97 Å². The number of amides is 1. The van der Waals surface area contributed by atoms with Gasteiger partial charge in [0.15, 0.2) is 0 Å². The van der Waals surface area contributed by atoms with Gasteiger partial charge in [-0.25, -0.2) is 0 Å². The lowest BCUT2D eigenvalue weighted by atomic mass is 9.87. The van der Waals surface area contributed by atoms with Gasteiger partial charge in [-0.2, -0.15) is 0 Å². The molecule has 2 rings (SSSR count). The maximum absolute atomic E-state index is 12.3. The van der Waals surface area contributed by atoms with Crippen LogP contribution in [0.2, 0.25) is 0 Å². The van der Waals surface area contributed by atoms with Crippen molar-refractivity contribution in [2.75, 3.05) is 26.2 Å². The van der Waals surface area contributed by atoms with E-state index in [0.29, 0.717) is 12.6 Å². The SMILES string of the molecule is CCC1CCCCN1C(=O)CN1CC(C(C)C(=O)O)C1. The second-order valence-corrected chi connectivity index (χ2v) is 6.23. The average Bonchev–Trinajstić information content (AvgIpc) is 2.41. The normalized spacial score (nSPS) is 26.1. The van der Waals surface area contributed by atoms with E-state index in [0.717, 1.165) is 38.9 Å². The first-order valence-electron chi connectivity index (χ1n) is 7.77. The second kappa shape index (κ2) is 6.57. The molecule has 2 aliphatic heterocycles. The van der Waals surface area contributed by atoms with Gasteiger partial charge < -0.3 is 10.0 Å². The average molecular weight is 282 g/mol. The highest BCUT2D eigenvalue weighted by molar-refractivity contribution is 5.79. The van der Waals surface area contributed by atoms with Crippen LogP contribution in [0.25, 0.3) is 0 Å². The van der Waals surface area contributed by atoms with Gasteiger partial charge in [0.05, 0.1) is 12.5 Å². The van der Waals surface area contributed by atoms with E-state index in [-0.39, 0.29) is 17.7 Å². The van der Waals surface area contributed by atoms with Gasteiger partial charge in [0.2, 0.25) is 5.91 Å². The first-order valence-corrected chi connectivity index (χ1v) is 7.77. The number of nitrogens with zero attached hydrogens (tertiary/aromatic N) is 2. The highest BCUT2D eigenvalue weighted by atomic mass is 16.4. The minimum atomic E-state index is -0.733. The maximum Gasteiger partial charge on any atom is 0.306 e. The van der Waals surface area contributed by atoms with Crippen molar-refractivity contribution in [1.29, 1.82) is 0 Å². The zero-order chi connectivity index (χ0) is 14.7. The lowest BCUT2D eigenvalue weighted by Gasteiger charge is -2.43. The summed E-state index contributed by atoms with van der Waals surface area (Å²) < 4.78 is 0. The molecule has 20 heavy (non-hydrogen) atoms. The summed E-state index contributed by atoms with van der Waals surface area (Å²) in [6.07, 6.45) is 4.50. The molecule has 2 saturated heterocycles. The lowest BCUT2D eigenvalue weighted by Crippen LogP contribution is -2.55. The van der Waals surface area contributed by atoms with E-state index in [1.165, 1.54) is 6.42 Å². The smallest absolute Gasteiger partial charge is 0.306 e. The zero-order valence-electron chi connectivity index (χ0n) is 12.5. The third kappa shape index (κ3) is 3.32. The summed E-state index contributed by atoms with van der Waals surface area (Å²) in [5.41, 5.74) is 0. The quantitative estimate of drug-likeness (QED) is 0.828. The van der Waals surface area contributed by atoms with Crippen molar-refractivity contribution in [1.82, 2.24) is 9.80 Å². The summed E-state index contributed by atoms with van der Waals surface area (Å²) in [5.74, 6) is -0.621. The molecular formula is C15H26N2O3. The van der Waals surface area contributed by atoms with Crippen LogP contribution in [0.4, 0.5) is 0 Å². The van der Waals surface area contributed by atoms with Crippen molar-refractivity contribution in [3.05, 3.63) is 0 Å². The van der Waals surface area contributed by atoms with E-state index < -0.39 is 5.97 Å². The van der Waals surface area contributed by atoms with Gasteiger partial charge in [-0.1, -0.05) is 13.8 Å². The predicted octanol–water partition coefficient (Wildman–Crippen LogP) is 1.43. The fourth-order valence-electron chi connectivity index (χ4n) is 3.29. The Balaban J connectivity index is 1.77. The Kier molecular flexibility index (Phi) is 5.02. The molecule has 2 unspecified atom stereocenters. The molecule has 5 heteroatoms. The highest BCUT2D eigenvalue weighted by Gasteiger charge is 2.36. The standard InChI is InChI=1S/C15H26N2O3/c1-3-13-6-4-5-7-17(13)14(18)10-16-8-12(9-16)11(2)15(19)20/h11-13H,3-10H2,1-2H3,(H,19,20). The molecule has 5 nitrogen and oxygen atoms in total. The number of carboxylic acid groups (broad SMARTS) is 1. The van der Waals surface area contributed by atoms with Crippen LogP contribution in [0.3, 0.4) is 0 Å². The van der Waals surface area contributed by atoms with Crippen molar-refractivity contribution in [3.8, 4) is 0 Å². The molecule has 1 amide bonds. The van der Waals surface area contributed by atoms with Crippen molar-refractivity contribution in [2.45, 2.75) is 45.6 Å². The predicted molar refractivity (Wildman–Crippen MR) is 76.4 cm³/mol. The van der Waals surface area contributed by atoms with Crippen LogP contribution in [0.5, 0.6) is 0 Å². The monoisotopic (exact) mass is 282 g/mol. The Hall–Kier alpha value is -1.10.